The van der Waals surface area contributed by atoms with Crippen LogP contribution in [0.1, 0.15) is 10.5 Å². The molecular formula is C12H8BrFN2O2. The van der Waals surface area contributed by atoms with Crippen molar-refractivity contribution in [2.45, 2.75) is 0 Å². The standard InChI is InChI=1S/C12H8BrFN2O2/c13-8-2-1-5-15-11(8)12(18)16-7-3-4-10(17)9(14)6-7/h1-6,17H,(H,16,18). The first-order valence-electron chi connectivity index (χ1n) is 4.98. The van der Waals surface area contributed by atoms with Gasteiger partial charge in [-0.25, -0.2) is 9.37 Å². The van der Waals surface area contributed by atoms with E-state index in [1.807, 2.05) is 0 Å². The molecule has 0 radical (unpaired) electrons. The summed E-state index contributed by atoms with van der Waals surface area (Å²) in [7, 11) is 0. The number of aromatic hydroxyl groups is 1. The molecule has 6 heteroatoms. The van der Waals surface area contributed by atoms with E-state index in [1.165, 1.54) is 18.3 Å². The van der Waals surface area contributed by atoms with Crippen molar-refractivity contribution in [3.63, 3.8) is 0 Å². The highest BCUT2D eigenvalue weighted by Crippen LogP contribution is 2.20. The summed E-state index contributed by atoms with van der Waals surface area (Å²) in [5, 5.41) is 11.5. The van der Waals surface area contributed by atoms with Gasteiger partial charge < -0.3 is 10.4 Å². The zero-order valence-corrected chi connectivity index (χ0v) is 10.6. The molecule has 2 rings (SSSR count). The maximum atomic E-state index is 13.1. The van der Waals surface area contributed by atoms with Crippen LogP contribution in [0.3, 0.4) is 0 Å². The quantitative estimate of drug-likeness (QED) is 0.838. The van der Waals surface area contributed by atoms with Crippen LogP contribution >= 0.6 is 15.9 Å². The van der Waals surface area contributed by atoms with Crippen molar-refractivity contribution in [2.75, 3.05) is 5.32 Å². The Balaban J connectivity index is 2.22. The molecule has 0 atom stereocenters. The zero-order chi connectivity index (χ0) is 13.1. The minimum Gasteiger partial charge on any atom is -0.505 e. The van der Waals surface area contributed by atoms with Gasteiger partial charge in [0.1, 0.15) is 5.69 Å². The highest BCUT2D eigenvalue weighted by molar-refractivity contribution is 9.10. The summed E-state index contributed by atoms with van der Waals surface area (Å²) in [5.41, 5.74) is 0.443. The molecule has 0 aliphatic carbocycles. The van der Waals surface area contributed by atoms with Gasteiger partial charge in [0.25, 0.3) is 5.91 Å². The summed E-state index contributed by atoms with van der Waals surface area (Å²) in [6.07, 6.45) is 1.48. The van der Waals surface area contributed by atoms with E-state index < -0.39 is 17.5 Å². The van der Waals surface area contributed by atoms with E-state index in [0.29, 0.717) is 4.47 Å². The minimum atomic E-state index is -0.798. The molecule has 92 valence electrons. The third kappa shape index (κ3) is 2.65. The van der Waals surface area contributed by atoms with Gasteiger partial charge >= 0.3 is 0 Å². The predicted molar refractivity (Wildman–Crippen MR) is 68.0 cm³/mol. The van der Waals surface area contributed by atoms with E-state index in [-0.39, 0.29) is 11.4 Å². The van der Waals surface area contributed by atoms with Crippen LogP contribution in [0.4, 0.5) is 10.1 Å². The molecule has 4 nitrogen and oxygen atoms in total. The summed E-state index contributed by atoms with van der Waals surface area (Å²) in [6, 6.07) is 6.95. The Labute approximate surface area is 111 Å². The number of pyridine rings is 1. The summed E-state index contributed by atoms with van der Waals surface area (Å²) in [6.45, 7) is 0. The molecule has 1 amide bonds. The number of hydrogen-bond donors (Lipinski definition) is 2. The number of anilines is 1. The molecule has 0 saturated heterocycles. The second kappa shape index (κ2) is 5.14. The number of halogens is 2. The van der Waals surface area contributed by atoms with Crippen molar-refractivity contribution in [3.8, 4) is 5.75 Å². The van der Waals surface area contributed by atoms with Crippen LogP contribution in [0.2, 0.25) is 0 Å². The summed E-state index contributed by atoms with van der Waals surface area (Å²) < 4.78 is 13.6. The number of rotatable bonds is 2. The fourth-order valence-corrected chi connectivity index (χ4v) is 1.76. The number of aromatic nitrogens is 1. The van der Waals surface area contributed by atoms with Crippen LogP contribution in [-0.4, -0.2) is 16.0 Å². The lowest BCUT2D eigenvalue weighted by Gasteiger charge is -2.06. The van der Waals surface area contributed by atoms with Crippen molar-refractivity contribution >= 4 is 27.5 Å². The Morgan fingerprint density at radius 3 is 2.83 bits per heavy atom. The number of phenols is 1. The molecule has 0 fully saturated rings. The fraction of sp³-hybridized carbons (Fsp3) is 0. The van der Waals surface area contributed by atoms with Gasteiger partial charge in [0.2, 0.25) is 0 Å². The van der Waals surface area contributed by atoms with Crippen LogP contribution in [0.5, 0.6) is 5.75 Å². The molecule has 0 saturated carbocycles. The van der Waals surface area contributed by atoms with Gasteiger partial charge in [0, 0.05) is 22.4 Å². The number of benzene rings is 1. The first-order valence-corrected chi connectivity index (χ1v) is 5.77. The molecule has 0 bridgehead atoms. The minimum absolute atomic E-state index is 0.200. The lowest BCUT2D eigenvalue weighted by Crippen LogP contribution is -2.14. The van der Waals surface area contributed by atoms with Crippen LogP contribution in [0.25, 0.3) is 0 Å². The highest BCUT2D eigenvalue weighted by Gasteiger charge is 2.12. The van der Waals surface area contributed by atoms with Gasteiger partial charge in [-0.2, -0.15) is 0 Å². The van der Waals surface area contributed by atoms with Crippen LogP contribution < -0.4 is 5.32 Å². The number of carbonyl (C=O) groups is 1. The number of nitrogens with zero attached hydrogens (tertiary/aromatic N) is 1. The van der Waals surface area contributed by atoms with Gasteiger partial charge in [0.05, 0.1) is 0 Å². The van der Waals surface area contributed by atoms with Crippen molar-refractivity contribution in [3.05, 3.63) is 52.5 Å². The summed E-state index contributed by atoms with van der Waals surface area (Å²) in [5.74, 6) is -1.73. The molecule has 0 unspecified atom stereocenters. The van der Waals surface area contributed by atoms with Crippen molar-refractivity contribution in [2.24, 2.45) is 0 Å². The molecule has 1 aromatic heterocycles. The van der Waals surface area contributed by atoms with Crippen LogP contribution in [0.15, 0.2) is 41.0 Å². The fourth-order valence-electron chi connectivity index (χ4n) is 1.33. The lowest BCUT2D eigenvalue weighted by molar-refractivity contribution is 0.102. The number of phenolic OH excluding ortho intramolecular Hbond substituents is 1. The maximum absolute atomic E-state index is 13.1. The van der Waals surface area contributed by atoms with Gasteiger partial charge in [-0.05, 0) is 40.2 Å². The van der Waals surface area contributed by atoms with Crippen LogP contribution in [0, 0.1) is 5.82 Å². The highest BCUT2D eigenvalue weighted by atomic mass is 79.9. The molecular weight excluding hydrogens is 303 g/mol. The molecule has 0 aliphatic rings. The Morgan fingerprint density at radius 1 is 1.39 bits per heavy atom. The number of hydrogen-bond acceptors (Lipinski definition) is 3. The second-order valence-electron chi connectivity index (χ2n) is 3.45. The van der Waals surface area contributed by atoms with E-state index in [0.717, 1.165) is 6.07 Å². The van der Waals surface area contributed by atoms with Crippen molar-refractivity contribution < 1.29 is 14.3 Å². The molecule has 1 heterocycles. The molecule has 0 spiro atoms. The third-order valence-electron chi connectivity index (χ3n) is 2.18. The topological polar surface area (TPSA) is 62.2 Å². The molecule has 1 aromatic carbocycles. The normalized spacial score (nSPS) is 10.1. The van der Waals surface area contributed by atoms with Gasteiger partial charge in [-0.3, -0.25) is 4.79 Å². The molecule has 2 N–H and O–H groups in total. The Morgan fingerprint density at radius 2 is 2.17 bits per heavy atom. The van der Waals surface area contributed by atoms with Gasteiger partial charge in [0.15, 0.2) is 11.6 Å². The van der Waals surface area contributed by atoms with Gasteiger partial charge in [-0.1, -0.05) is 0 Å². The van der Waals surface area contributed by atoms with E-state index in [2.05, 4.69) is 26.2 Å². The largest absolute Gasteiger partial charge is 0.505 e. The monoisotopic (exact) mass is 310 g/mol. The number of carbonyl (C=O) groups excluding carboxylic acids is 1. The predicted octanol–water partition coefficient (Wildman–Crippen LogP) is 2.94. The SMILES string of the molecule is O=C(Nc1ccc(O)c(F)c1)c1ncccc1Br. The number of nitrogens with one attached hydrogen (secondary N) is 1. The third-order valence-corrected chi connectivity index (χ3v) is 2.82. The van der Waals surface area contributed by atoms with Crippen LogP contribution in [-0.2, 0) is 0 Å². The molecule has 2 aromatic rings. The average molecular weight is 311 g/mol. The average Bonchev–Trinajstić information content (AvgIpc) is 2.34. The first-order chi connectivity index (χ1) is 8.58. The maximum Gasteiger partial charge on any atom is 0.275 e. The second-order valence-corrected chi connectivity index (χ2v) is 4.31. The van der Waals surface area contributed by atoms with Crippen molar-refractivity contribution in [1.29, 1.82) is 0 Å². The smallest absolute Gasteiger partial charge is 0.275 e. The summed E-state index contributed by atoms with van der Waals surface area (Å²) in [4.78, 5) is 15.8. The molecule has 0 aliphatic heterocycles. The molecule has 18 heavy (non-hydrogen) atoms. The van der Waals surface area contributed by atoms with Gasteiger partial charge in [-0.15, -0.1) is 0 Å². The Bertz CT molecular complexity index is 604. The van der Waals surface area contributed by atoms with E-state index in [9.17, 15) is 9.18 Å². The number of amides is 1. The van der Waals surface area contributed by atoms with E-state index >= 15 is 0 Å². The Hall–Kier alpha value is -1.95. The summed E-state index contributed by atoms with van der Waals surface area (Å²) >= 11 is 3.20. The first kappa shape index (κ1) is 12.5. The van der Waals surface area contributed by atoms with E-state index in [4.69, 9.17) is 5.11 Å². The lowest BCUT2D eigenvalue weighted by atomic mass is 10.2. The zero-order valence-electron chi connectivity index (χ0n) is 9.02. The Kier molecular flexibility index (Phi) is 3.57. The van der Waals surface area contributed by atoms with E-state index in [1.54, 1.807) is 12.1 Å². The van der Waals surface area contributed by atoms with Crippen molar-refractivity contribution in [1.82, 2.24) is 4.98 Å².